The van der Waals surface area contributed by atoms with Crippen LogP contribution in [0.5, 0.6) is 5.88 Å². The lowest BCUT2D eigenvalue weighted by molar-refractivity contribution is 0.0931. The molecule has 3 atom stereocenters. The number of fused-ring (bicyclic) bond motifs is 4. The third kappa shape index (κ3) is 5.58. The average molecular weight is 652 g/mol. The van der Waals surface area contributed by atoms with Crippen molar-refractivity contribution >= 4 is 11.6 Å². The highest BCUT2D eigenvalue weighted by molar-refractivity contribution is 5.92. The van der Waals surface area contributed by atoms with Crippen molar-refractivity contribution in [3.8, 4) is 29.3 Å². The summed E-state index contributed by atoms with van der Waals surface area (Å²) in [6, 6.07) is 9.91. The molecule has 1 aromatic carbocycles. The van der Waals surface area contributed by atoms with E-state index in [1.165, 1.54) is 0 Å². The van der Waals surface area contributed by atoms with Gasteiger partial charge in [0, 0.05) is 43.2 Å². The number of aryl methyl sites for hydroxylation is 1. The van der Waals surface area contributed by atoms with Gasteiger partial charge in [0.05, 0.1) is 17.6 Å². The molecule has 0 bridgehead atoms. The van der Waals surface area contributed by atoms with Crippen LogP contribution in [0.1, 0.15) is 84.0 Å². The van der Waals surface area contributed by atoms with Crippen LogP contribution in [0, 0.1) is 11.3 Å². The second-order valence-corrected chi connectivity index (χ2v) is 13.1. The molecule has 7 rings (SSSR count). The zero-order chi connectivity index (χ0) is 33.4. The lowest BCUT2D eigenvalue weighted by atomic mass is 9.61. The molecule has 0 unspecified atom stereocenters. The van der Waals surface area contributed by atoms with Gasteiger partial charge in [-0.2, -0.15) is 15.3 Å². The van der Waals surface area contributed by atoms with Crippen LogP contribution in [0.25, 0.3) is 17.3 Å². The Labute approximate surface area is 279 Å². The number of nitrogens with two attached hydrogens (primary N) is 1. The van der Waals surface area contributed by atoms with Gasteiger partial charge in [-0.05, 0) is 95.1 Å². The number of likely N-dealkylation sites (tertiary alicyclic amines) is 1. The van der Waals surface area contributed by atoms with Crippen molar-refractivity contribution < 1.29 is 18.8 Å². The molecular weight excluding hydrogens is 610 g/mol. The van der Waals surface area contributed by atoms with E-state index in [4.69, 9.17) is 29.7 Å². The Bertz CT molecular complexity index is 1870. The number of nitrogens with zero attached hydrogens (tertiary/aromatic N) is 7. The summed E-state index contributed by atoms with van der Waals surface area (Å²) in [6.45, 7) is 3.86. The summed E-state index contributed by atoms with van der Waals surface area (Å²) in [6.07, 6.45) is 8.87. The number of likely N-dealkylation sites (N-methyl/N-ethyl adjacent to an activating group) is 1. The summed E-state index contributed by atoms with van der Waals surface area (Å²) in [7, 11) is 3.70. The zero-order valence-electron chi connectivity index (χ0n) is 27.7. The van der Waals surface area contributed by atoms with E-state index < -0.39 is 5.41 Å². The fourth-order valence-corrected chi connectivity index (χ4v) is 7.92. The number of amides is 1. The van der Waals surface area contributed by atoms with Gasteiger partial charge in [0.25, 0.3) is 5.91 Å². The van der Waals surface area contributed by atoms with Crippen molar-refractivity contribution in [2.24, 2.45) is 0 Å². The number of aromatic nitrogens is 5. The van der Waals surface area contributed by atoms with Gasteiger partial charge in [0.2, 0.25) is 5.88 Å². The fourth-order valence-electron chi connectivity index (χ4n) is 7.92. The third-order valence-corrected chi connectivity index (χ3v) is 10.2. The summed E-state index contributed by atoms with van der Waals surface area (Å²) < 4.78 is 19.3. The number of nitrogen functional groups attached to an aromatic ring is 1. The number of anilines is 1. The number of nitriles is 1. The predicted molar refractivity (Wildman–Crippen MR) is 177 cm³/mol. The van der Waals surface area contributed by atoms with E-state index in [0.29, 0.717) is 47.6 Å². The van der Waals surface area contributed by atoms with Crippen LogP contribution < -0.4 is 15.8 Å². The van der Waals surface area contributed by atoms with Crippen LogP contribution in [0.15, 0.2) is 35.0 Å². The highest BCUT2D eigenvalue weighted by atomic mass is 16.5. The normalized spacial score (nSPS) is 21.0. The van der Waals surface area contributed by atoms with E-state index in [0.717, 1.165) is 80.4 Å². The number of nitrogens with one attached hydrogen (secondary N) is 1. The maximum atomic E-state index is 12.7. The SMILES string of the molecule is COCCNC(=O)c1ccn(-c2cc(O[C@@H](C)[C@@H]3CCCN3C)nc(-c3noc4c3CCC[C@@]43CCCc4ccc(N)c(C#N)c43)n2)n1. The number of carbonyl (C=O) groups is 1. The quantitative estimate of drug-likeness (QED) is 0.198. The van der Waals surface area contributed by atoms with Crippen molar-refractivity contribution in [2.75, 3.05) is 39.6 Å². The predicted octanol–water partition coefficient (Wildman–Crippen LogP) is 3.97. The largest absolute Gasteiger partial charge is 0.473 e. The van der Waals surface area contributed by atoms with Gasteiger partial charge in [0.1, 0.15) is 12.2 Å². The zero-order valence-corrected chi connectivity index (χ0v) is 27.7. The van der Waals surface area contributed by atoms with Crippen LogP contribution in [0.3, 0.4) is 0 Å². The molecule has 48 heavy (non-hydrogen) atoms. The van der Waals surface area contributed by atoms with Gasteiger partial charge < -0.3 is 25.0 Å². The van der Waals surface area contributed by atoms with Crippen molar-refractivity contribution in [3.05, 3.63) is 64.2 Å². The van der Waals surface area contributed by atoms with Gasteiger partial charge in [0.15, 0.2) is 28.8 Å². The van der Waals surface area contributed by atoms with Crippen molar-refractivity contribution in [2.45, 2.75) is 75.9 Å². The first kappa shape index (κ1) is 31.8. The van der Waals surface area contributed by atoms with Gasteiger partial charge in [-0.25, -0.2) is 9.67 Å². The van der Waals surface area contributed by atoms with Crippen LogP contribution >= 0.6 is 0 Å². The number of hydrogen-bond donors (Lipinski definition) is 2. The van der Waals surface area contributed by atoms with Gasteiger partial charge in [-0.3, -0.25) is 9.69 Å². The van der Waals surface area contributed by atoms with Crippen molar-refractivity contribution in [3.63, 3.8) is 0 Å². The van der Waals surface area contributed by atoms with Crippen molar-refractivity contribution in [1.82, 2.24) is 35.1 Å². The Morgan fingerprint density at radius 3 is 2.83 bits per heavy atom. The highest BCUT2D eigenvalue weighted by Crippen LogP contribution is 2.53. The van der Waals surface area contributed by atoms with Gasteiger partial charge in [-0.15, -0.1) is 0 Å². The molecule has 3 aliphatic rings. The molecule has 0 radical (unpaired) electrons. The van der Waals surface area contributed by atoms with Crippen LogP contribution in [-0.2, 0) is 23.0 Å². The number of methoxy groups -OCH3 is 1. The Morgan fingerprint density at radius 2 is 2.06 bits per heavy atom. The summed E-state index contributed by atoms with van der Waals surface area (Å²) in [4.78, 5) is 24.8. The Balaban J connectivity index is 1.30. The van der Waals surface area contributed by atoms with E-state index in [9.17, 15) is 10.1 Å². The molecule has 13 nitrogen and oxygen atoms in total. The number of benzene rings is 1. The van der Waals surface area contributed by atoms with E-state index >= 15 is 0 Å². The van der Waals surface area contributed by atoms with Crippen LogP contribution in [0.4, 0.5) is 5.69 Å². The second-order valence-electron chi connectivity index (χ2n) is 13.1. The molecule has 0 saturated carbocycles. The molecule has 4 heterocycles. The number of hydrogen-bond acceptors (Lipinski definition) is 11. The van der Waals surface area contributed by atoms with Gasteiger partial charge >= 0.3 is 0 Å². The molecule has 2 aliphatic carbocycles. The lowest BCUT2D eigenvalue weighted by Gasteiger charge is -2.41. The number of ether oxygens (including phenoxy) is 2. The molecule has 13 heteroatoms. The first-order valence-corrected chi connectivity index (χ1v) is 16.7. The van der Waals surface area contributed by atoms with E-state index in [1.807, 2.05) is 12.1 Å². The maximum Gasteiger partial charge on any atom is 0.271 e. The van der Waals surface area contributed by atoms with E-state index in [1.54, 1.807) is 30.1 Å². The molecule has 250 valence electrons. The van der Waals surface area contributed by atoms with Crippen LogP contribution in [-0.4, -0.2) is 81.7 Å². The number of carbonyl (C=O) groups excluding carboxylic acids is 1. The summed E-state index contributed by atoms with van der Waals surface area (Å²) >= 11 is 0. The molecule has 3 aromatic heterocycles. The Hall–Kier alpha value is -4.80. The monoisotopic (exact) mass is 651 g/mol. The second kappa shape index (κ2) is 13.0. The number of rotatable bonds is 9. The smallest absolute Gasteiger partial charge is 0.271 e. The van der Waals surface area contributed by atoms with Gasteiger partial charge in [-0.1, -0.05) is 11.2 Å². The lowest BCUT2D eigenvalue weighted by Crippen LogP contribution is -2.38. The first-order chi connectivity index (χ1) is 23.3. The average Bonchev–Trinajstić information content (AvgIpc) is 3.86. The van der Waals surface area contributed by atoms with E-state index in [-0.39, 0.29) is 23.7 Å². The first-order valence-electron chi connectivity index (χ1n) is 16.7. The minimum atomic E-state index is -0.502. The molecule has 1 fully saturated rings. The third-order valence-electron chi connectivity index (χ3n) is 10.2. The Kier molecular flexibility index (Phi) is 8.61. The highest BCUT2D eigenvalue weighted by Gasteiger charge is 2.48. The maximum absolute atomic E-state index is 12.7. The molecule has 1 amide bonds. The molecular formula is C35H41N9O4. The van der Waals surface area contributed by atoms with E-state index in [2.05, 4.69) is 40.5 Å². The topological polar surface area (TPSA) is 170 Å². The summed E-state index contributed by atoms with van der Waals surface area (Å²) in [5, 5.41) is 22.1. The molecule has 1 saturated heterocycles. The minimum absolute atomic E-state index is 0.129. The molecule has 3 N–H and O–H groups in total. The molecule has 1 spiro atoms. The van der Waals surface area contributed by atoms with Crippen molar-refractivity contribution in [1.29, 1.82) is 5.26 Å². The summed E-state index contributed by atoms with van der Waals surface area (Å²) in [5.41, 5.74) is 10.7. The minimum Gasteiger partial charge on any atom is -0.473 e. The summed E-state index contributed by atoms with van der Waals surface area (Å²) in [5.74, 6) is 1.62. The van der Waals surface area contributed by atoms with Crippen LogP contribution in [0.2, 0.25) is 0 Å². The molecule has 4 aromatic rings. The fraction of sp³-hybridized carbons (Fsp3) is 0.486. The molecule has 1 aliphatic heterocycles. The standard InChI is InChI=1S/C35H41N9O4/c1-21(27-9-6-16-43(27)2)47-29-19-28(44-17-12-26(41-44)34(45)38-15-18-46-3)39-33(40-29)31-23-8-5-14-35(32(23)48-42-31)13-4-7-22-10-11-25(37)24(20-36)30(22)35/h10-12,17,19,21,27H,4-9,13-16,18,37H2,1-3H3,(H,38,45)/t21-,27-,35+/m0/s1. The Morgan fingerprint density at radius 1 is 1.23 bits per heavy atom.